The fraction of sp³-hybridized carbons (Fsp3) is 0.290. The summed E-state index contributed by atoms with van der Waals surface area (Å²) in [6.07, 6.45) is -4.40. The van der Waals surface area contributed by atoms with Crippen LogP contribution in [0.1, 0.15) is 41.8 Å². The smallest absolute Gasteiger partial charge is 0.416 e. The molecule has 0 aliphatic rings. The lowest BCUT2D eigenvalue weighted by Gasteiger charge is -2.26. The first kappa shape index (κ1) is 29.9. The molecule has 4 rings (SSSR count). The zero-order valence-corrected chi connectivity index (χ0v) is 24.2. The lowest BCUT2D eigenvalue weighted by Crippen LogP contribution is -2.38. The van der Waals surface area contributed by atoms with Crippen molar-refractivity contribution in [1.82, 2.24) is 4.98 Å². The van der Waals surface area contributed by atoms with E-state index in [4.69, 9.17) is 14.5 Å². The van der Waals surface area contributed by atoms with Crippen LogP contribution in [-0.4, -0.2) is 28.8 Å². The van der Waals surface area contributed by atoms with E-state index in [1.54, 1.807) is 13.2 Å². The van der Waals surface area contributed by atoms with E-state index >= 15 is 0 Å². The van der Waals surface area contributed by atoms with Crippen LogP contribution in [0.4, 0.5) is 18.2 Å². The molecule has 0 atom stereocenters. The van der Waals surface area contributed by atoms with E-state index in [0.717, 1.165) is 45.3 Å². The molecule has 10 heteroatoms. The first-order valence-corrected chi connectivity index (χ1v) is 13.6. The molecule has 216 valence electrons. The molecule has 0 spiro atoms. The third-order valence-corrected chi connectivity index (χ3v) is 7.81. The van der Waals surface area contributed by atoms with E-state index in [1.165, 1.54) is 37.3 Å². The van der Waals surface area contributed by atoms with Crippen LogP contribution in [0.5, 0.6) is 11.5 Å². The van der Waals surface area contributed by atoms with Gasteiger partial charge in [-0.25, -0.2) is 9.78 Å². The van der Waals surface area contributed by atoms with Crippen molar-refractivity contribution in [2.75, 3.05) is 12.0 Å². The number of thiazole rings is 1. The molecule has 0 bridgehead atoms. The Labute approximate surface area is 241 Å². The van der Waals surface area contributed by atoms with Crippen LogP contribution in [0.3, 0.4) is 0 Å². The summed E-state index contributed by atoms with van der Waals surface area (Å²) in [5, 5.41) is 10.9. The number of aryl methyl sites for hydroxylation is 2. The standard InChI is InChI=1S/C31H31F3N2O4S/c1-19-16-22(8-15-26(19)40-30(3,4)29(37)38)18-36(17-21-6-13-25(39-5)14-7-21)28-20(2)35-27(41-28)23-9-11-24(12-10-23)31(32,33)34/h6-16H,17-18H2,1-5H3,(H,37,38). The number of carbonyl (C=O) groups is 1. The maximum atomic E-state index is 13.1. The summed E-state index contributed by atoms with van der Waals surface area (Å²) in [4.78, 5) is 18.4. The van der Waals surface area contributed by atoms with Gasteiger partial charge in [-0.1, -0.05) is 47.7 Å². The highest BCUT2D eigenvalue weighted by Gasteiger charge is 2.31. The minimum absolute atomic E-state index is 0.487. The normalized spacial score (nSPS) is 11.8. The molecule has 1 N–H and O–H groups in total. The van der Waals surface area contributed by atoms with Gasteiger partial charge in [0, 0.05) is 18.7 Å². The maximum Gasteiger partial charge on any atom is 0.416 e. The summed E-state index contributed by atoms with van der Waals surface area (Å²) in [7, 11) is 1.61. The van der Waals surface area contributed by atoms with E-state index < -0.39 is 23.3 Å². The van der Waals surface area contributed by atoms with Crippen molar-refractivity contribution in [1.29, 1.82) is 0 Å². The molecular weight excluding hydrogens is 553 g/mol. The summed E-state index contributed by atoms with van der Waals surface area (Å²) in [5.74, 6) is 0.173. The summed E-state index contributed by atoms with van der Waals surface area (Å²) in [6, 6.07) is 18.4. The number of anilines is 1. The third-order valence-electron chi connectivity index (χ3n) is 6.54. The van der Waals surface area contributed by atoms with E-state index in [-0.39, 0.29) is 0 Å². The number of alkyl halides is 3. The fourth-order valence-corrected chi connectivity index (χ4v) is 5.29. The largest absolute Gasteiger partial charge is 0.497 e. The van der Waals surface area contributed by atoms with Gasteiger partial charge in [-0.3, -0.25) is 0 Å². The minimum atomic E-state index is -4.40. The molecule has 0 radical (unpaired) electrons. The predicted molar refractivity (Wildman–Crippen MR) is 154 cm³/mol. The van der Waals surface area contributed by atoms with Gasteiger partial charge in [0.25, 0.3) is 0 Å². The SMILES string of the molecule is COc1ccc(CN(Cc2ccc(OC(C)(C)C(=O)O)c(C)c2)c2sc(-c3ccc(C(F)(F)F)cc3)nc2C)cc1. The van der Waals surface area contributed by atoms with Crippen LogP contribution in [0, 0.1) is 13.8 Å². The average molecular weight is 585 g/mol. The quantitative estimate of drug-likeness (QED) is 0.204. The molecule has 3 aromatic carbocycles. The van der Waals surface area contributed by atoms with Gasteiger partial charge in [0.1, 0.15) is 21.5 Å². The van der Waals surface area contributed by atoms with E-state index in [9.17, 15) is 23.1 Å². The summed E-state index contributed by atoms with van der Waals surface area (Å²) < 4.78 is 50.2. The van der Waals surface area contributed by atoms with Crippen molar-refractivity contribution in [3.63, 3.8) is 0 Å². The molecule has 0 aliphatic heterocycles. The number of carboxylic acid groups (broad SMARTS) is 1. The second kappa shape index (κ2) is 11.8. The number of methoxy groups -OCH3 is 1. The minimum Gasteiger partial charge on any atom is -0.497 e. The number of carboxylic acids is 1. The van der Waals surface area contributed by atoms with Crippen molar-refractivity contribution in [2.24, 2.45) is 0 Å². The van der Waals surface area contributed by atoms with E-state index in [2.05, 4.69) is 4.90 Å². The molecule has 0 amide bonds. The number of hydrogen-bond donors (Lipinski definition) is 1. The van der Waals surface area contributed by atoms with Crippen molar-refractivity contribution < 1.29 is 32.5 Å². The van der Waals surface area contributed by atoms with Crippen LogP contribution in [0.15, 0.2) is 66.7 Å². The highest BCUT2D eigenvalue weighted by molar-refractivity contribution is 7.19. The molecular formula is C31H31F3N2O4S. The second-order valence-corrected chi connectivity index (χ2v) is 11.2. The Balaban J connectivity index is 1.66. The van der Waals surface area contributed by atoms with Crippen LogP contribution in [0.2, 0.25) is 0 Å². The van der Waals surface area contributed by atoms with Gasteiger partial charge >= 0.3 is 12.1 Å². The summed E-state index contributed by atoms with van der Waals surface area (Å²) in [6.45, 7) is 7.80. The Kier molecular flexibility index (Phi) is 8.63. The molecule has 0 fully saturated rings. The molecule has 6 nitrogen and oxygen atoms in total. The fourth-order valence-electron chi connectivity index (χ4n) is 4.22. The first-order chi connectivity index (χ1) is 19.3. The van der Waals surface area contributed by atoms with Gasteiger partial charge < -0.3 is 19.5 Å². The van der Waals surface area contributed by atoms with Crippen molar-refractivity contribution in [2.45, 2.75) is 52.6 Å². The zero-order valence-electron chi connectivity index (χ0n) is 23.4. The van der Waals surface area contributed by atoms with Gasteiger partial charge in [-0.15, -0.1) is 0 Å². The van der Waals surface area contributed by atoms with E-state index in [0.29, 0.717) is 29.4 Å². The number of benzene rings is 3. The van der Waals surface area contributed by atoms with Crippen LogP contribution < -0.4 is 14.4 Å². The predicted octanol–water partition coefficient (Wildman–Crippen LogP) is 7.90. The lowest BCUT2D eigenvalue weighted by molar-refractivity contribution is -0.152. The van der Waals surface area contributed by atoms with Crippen LogP contribution in [-0.2, 0) is 24.1 Å². The molecule has 4 aromatic rings. The van der Waals surface area contributed by atoms with E-state index in [1.807, 2.05) is 50.2 Å². The average Bonchev–Trinajstić information content (AvgIpc) is 3.31. The first-order valence-electron chi connectivity index (χ1n) is 12.8. The Morgan fingerprint density at radius 3 is 2.12 bits per heavy atom. The lowest BCUT2D eigenvalue weighted by atomic mass is 10.1. The number of rotatable bonds is 10. The molecule has 0 aliphatic carbocycles. The Morgan fingerprint density at radius 2 is 1.56 bits per heavy atom. The molecule has 0 saturated heterocycles. The Hall–Kier alpha value is -4.05. The van der Waals surface area contributed by atoms with Crippen LogP contribution in [0.25, 0.3) is 10.6 Å². The number of ether oxygens (including phenoxy) is 2. The summed E-state index contributed by atoms with van der Waals surface area (Å²) in [5.41, 5.74) is 2.10. The topological polar surface area (TPSA) is 71.9 Å². The number of aliphatic carboxylic acids is 1. The second-order valence-electron chi connectivity index (χ2n) is 10.2. The van der Waals surface area contributed by atoms with Gasteiger partial charge in [-0.05, 0) is 74.7 Å². The number of halogens is 3. The van der Waals surface area contributed by atoms with Gasteiger partial charge in [0.15, 0.2) is 5.60 Å². The highest BCUT2D eigenvalue weighted by atomic mass is 32.1. The molecule has 41 heavy (non-hydrogen) atoms. The number of hydrogen-bond acceptors (Lipinski definition) is 6. The highest BCUT2D eigenvalue weighted by Crippen LogP contribution is 2.38. The molecule has 0 unspecified atom stereocenters. The zero-order chi connectivity index (χ0) is 29.9. The monoisotopic (exact) mass is 584 g/mol. The Bertz CT molecular complexity index is 1510. The number of aromatic nitrogens is 1. The molecule has 0 saturated carbocycles. The molecule has 1 heterocycles. The van der Waals surface area contributed by atoms with Crippen LogP contribution >= 0.6 is 11.3 Å². The van der Waals surface area contributed by atoms with Crippen molar-refractivity contribution in [3.05, 3.63) is 94.7 Å². The third kappa shape index (κ3) is 7.18. The Morgan fingerprint density at radius 1 is 0.951 bits per heavy atom. The molecule has 1 aromatic heterocycles. The number of nitrogens with zero attached hydrogens (tertiary/aromatic N) is 2. The van der Waals surface area contributed by atoms with Crippen molar-refractivity contribution in [3.8, 4) is 22.1 Å². The summed E-state index contributed by atoms with van der Waals surface area (Å²) >= 11 is 1.42. The maximum absolute atomic E-state index is 13.1. The van der Waals surface area contributed by atoms with Crippen molar-refractivity contribution >= 4 is 22.3 Å². The van der Waals surface area contributed by atoms with Gasteiger partial charge in [0.2, 0.25) is 0 Å². The van der Waals surface area contributed by atoms with Gasteiger partial charge in [0.05, 0.1) is 18.4 Å². The van der Waals surface area contributed by atoms with Gasteiger partial charge in [-0.2, -0.15) is 13.2 Å².